The van der Waals surface area contributed by atoms with Crippen molar-refractivity contribution in [3.63, 3.8) is 0 Å². The number of hydrogen-bond donors (Lipinski definition) is 0. The molecule has 1 aliphatic rings. The summed E-state index contributed by atoms with van der Waals surface area (Å²) in [6, 6.07) is 7.65. The summed E-state index contributed by atoms with van der Waals surface area (Å²) in [5.41, 5.74) is 1.95. The third-order valence-corrected chi connectivity index (χ3v) is 2.82. The fourth-order valence-corrected chi connectivity index (χ4v) is 1.90. The van der Waals surface area contributed by atoms with E-state index in [0.717, 1.165) is 22.7 Å². The standard InChI is InChI=1S/C12H12ClNO2/c1-16-7-12(15)14-11-6-9(11)8-4-2-3-5-10(8)13/h2-5,9H,6-7H2,1H3/t9-/m0/s1. The lowest BCUT2D eigenvalue weighted by atomic mass is 10.1. The number of hydrogen-bond acceptors (Lipinski definition) is 2. The average Bonchev–Trinajstić information content (AvgIpc) is 2.98. The summed E-state index contributed by atoms with van der Waals surface area (Å²) in [6.07, 6.45) is 0.819. The second kappa shape index (κ2) is 4.76. The topological polar surface area (TPSA) is 38.7 Å². The maximum absolute atomic E-state index is 11.2. The van der Waals surface area contributed by atoms with Crippen LogP contribution in [0.25, 0.3) is 0 Å². The lowest BCUT2D eigenvalue weighted by molar-refractivity contribution is -0.121. The number of aliphatic imine (C=N–C) groups is 1. The van der Waals surface area contributed by atoms with Crippen molar-refractivity contribution in [2.45, 2.75) is 12.3 Å². The monoisotopic (exact) mass is 237 g/mol. The number of ether oxygens (including phenoxy) is 1. The molecular weight excluding hydrogens is 226 g/mol. The van der Waals surface area contributed by atoms with Gasteiger partial charge in [-0.05, 0) is 18.1 Å². The molecule has 0 bridgehead atoms. The zero-order valence-corrected chi connectivity index (χ0v) is 9.70. The van der Waals surface area contributed by atoms with Gasteiger partial charge in [-0.15, -0.1) is 0 Å². The van der Waals surface area contributed by atoms with Gasteiger partial charge in [0.15, 0.2) is 0 Å². The highest BCUT2D eigenvalue weighted by Gasteiger charge is 2.35. The van der Waals surface area contributed by atoms with E-state index in [1.54, 1.807) is 0 Å². The maximum atomic E-state index is 11.2. The lowest BCUT2D eigenvalue weighted by Gasteiger charge is -1.98. The fraction of sp³-hybridized carbons (Fsp3) is 0.333. The molecule has 0 aromatic heterocycles. The van der Waals surface area contributed by atoms with Gasteiger partial charge >= 0.3 is 0 Å². The van der Waals surface area contributed by atoms with Crippen LogP contribution in [0.1, 0.15) is 17.9 Å². The van der Waals surface area contributed by atoms with Crippen LogP contribution in [0.3, 0.4) is 0 Å². The molecule has 16 heavy (non-hydrogen) atoms. The summed E-state index contributed by atoms with van der Waals surface area (Å²) in [5, 5.41) is 0.733. The van der Waals surface area contributed by atoms with Crippen molar-refractivity contribution in [1.82, 2.24) is 0 Å². The summed E-state index contributed by atoms with van der Waals surface area (Å²) < 4.78 is 4.71. The number of rotatable bonds is 3. The summed E-state index contributed by atoms with van der Waals surface area (Å²) >= 11 is 6.06. The Bertz CT molecular complexity index is 442. The minimum atomic E-state index is -0.230. The molecule has 2 rings (SSSR count). The predicted molar refractivity (Wildman–Crippen MR) is 63.1 cm³/mol. The van der Waals surface area contributed by atoms with E-state index in [4.69, 9.17) is 16.3 Å². The Hall–Kier alpha value is -1.19. The van der Waals surface area contributed by atoms with E-state index in [1.807, 2.05) is 24.3 Å². The third kappa shape index (κ3) is 2.49. The zero-order valence-electron chi connectivity index (χ0n) is 8.94. The van der Waals surface area contributed by atoms with Gasteiger partial charge in [0.05, 0.1) is 0 Å². The van der Waals surface area contributed by atoms with Crippen LogP contribution in [0.5, 0.6) is 0 Å². The Morgan fingerprint density at radius 2 is 2.31 bits per heavy atom. The number of carbonyl (C=O) groups excluding carboxylic acids is 1. The summed E-state index contributed by atoms with van der Waals surface area (Å²) in [5.74, 6) is -0.0124. The third-order valence-electron chi connectivity index (χ3n) is 2.47. The van der Waals surface area contributed by atoms with E-state index < -0.39 is 0 Å². The highest BCUT2D eigenvalue weighted by atomic mass is 35.5. The summed E-state index contributed by atoms with van der Waals surface area (Å²) in [4.78, 5) is 15.2. The molecule has 1 atom stereocenters. The molecular formula is C12H12ClNO2. The fourth-order valence-electron chi connectivity index (χ4n) is 1.64. The maximum Gasteiger partial charge on any atom is 0.271 e. The van der Waals surface area contributed by atoms with E-state index in [0.29, 0.717) is 0 Å². The minimum Gasteiger partial charge on any atom is -0.375 e. The van der Waals surface area contributed by atoms with Gasteiger partial charge < -0.3 is 4.74 Å². The minimum absolute atomic E-state index is 0.0404. The van der Waals surface area contributed by atoms with Crippen LogP contribution >= 0.6 is 11.6 Å². The van der Waals surface area contributed by atoms with E-state index in [2.05, 4.69) is 4.99 Å². The van der Waals surface area contributed by atoms with Crippen LogP contribution in [0.15, 0.2) is 29.3 Å². The number of halogens is 1. The first-order valence-corrected chi connectivity index (χ1v) is 5.44. The first-order chi connectivity index (χ1) is 7.72. The van der Waals surface area contributed by atoms with Crippen LogP contribution in [0.2, 0.25) is 5.02 Å². The van der Waals surface area contributed by atoms with E-state index in [1.165, 1.54) is 7.11 Å². The van der Waals surface area contributed by atoms with Crippen molar-refractivity contribution in [2.75, 3.05) is 13.7 Å². The molecule has 1 aromatic carbocycles. The van der Waals surface area contributed by atoms with Gasteiger partial charge in [0.25, 0.3) is 5.91 Å². The van der Waals surface area contributed by atoms with Crippen molar-refractivity contribution in [3.8, 4) is 0 Å². The molecule has 0 spiro atoms. The quantitative estimate of drug-likeness (QED) is 0.810. The highest BCUT2D eigenvalue weighted by Crippen LogP contribution is 2.40. The Kier molecular flexibility index (Phi) is 3.36. The van der Waals surface area contributed by atoms with Crippen molar-refractivity contribution in [2.24, 2.45) is 4.99 Å². The van der Waals surface area contributed by atoms with Gasteiger partial charge in [-0.2, -0.15) is 0 Å². The molecule has 1 aliphatic carbocycles. The van der Waals surface area contributed by atoms with Crippen LogP contribution in [0, 0.1) is 0 Å². The Morgan fingerprint density at radius 1 is 1.56 bits per heavy atom. The van der Waals surface area contributed by atoms with Crippen molar-refractivity contribution < 1.29 is 9.53 Å². The Morgan fingerprint density at radius 3 is 3.00 bits per heavy atom. The van der Waals surface area contributed by atoms with E-state index >= 15 is 0 Å². The lowest BCUT2D eigenvalue weighted by Crippen LogP contribution is -2.03. The van der Waals surface area contributed by atoms with E-state index in [9.17, 15) is 4.79 Å². The van der Waals surface area contributed by atoms with Gasteiger partial charge in [-0.25, -0.2) is 4.99 Å². The molecule has 1 saturated carbocycles. The molecule has 0 N–H and O–H groups in total. The zero-order chi connectivity index (χ0) is 11.5. The van der Waals surface area contributed by atoms with Crippen LogP contribution < -0.4 is 0 Å². The van der Waals surface area contributed by atoms with Gasteiger partial charge in [0.1, 0.15) is 6.61 Å². The van der Waals surface area contributed by atoms with Crippen molar-refractivity contribution in [1.29, 1.82) is 0 Å². The molecule has 0 aliphatic heterocycles. The molecule has 0 unspecified atom stereocenters. The van der Waals surface area contributed by atoms with Gasteiger partial charge in [-0.3, -0.25) is 4.79 Å². The second-order valence-electron chi connectivity index (χ2n) is 3.71. The number of benzene rings is 1. The number of nitrogens with zero attached hydrogens (tertiary/aromatic N) is 1. The second-order valence-corrected chi connectivity index (χ2v) is 4.12. The number of amides is 1. The first-order valence-electron chi connectivity index (χ1n) is 5.06. The Balaban J connectivity index is 2.07. The molecule has 3 nitrogen and oxygen atoms in total. The number of methoxy groups -OCH3 is 1. The number of carbonyl (C=O) groups is 1. The van der Waals surface area contributed by atoms with Crippen LogP contribution in [-0.4, -0.2) is 25.3 Å². The summed E-state index contributed by atoms with van der Waals surface area (Å²) in [6.45, 7) is 0.0404. The predicted octanol–water partition coefficient (Wildman–Crippen LogP) is 2.44. The Labute approximate surface area is 99.1 Å². The van der Waals surface area contributed by atoms with Crippen LogP contribution in [-0.2, 0) is 9.53 Å². The smallest absolute Gasteiger partial charge is 0.271 e. The average molecular weight is 238 g/mol. The molecule has 84 valence electrons. The van der Waals surface area contributed by atoms with Gasteiger partial charge in [0, 0.05) is 23.8 Å². The van der Waals surface area contributed by atoms with Crippen molar-refractivity contribution >= 4 is 23.2 Å². The van der Waals surface area contributed by atoms with E-state index in [-0.39, 0.29) is 18.4 Å². The SMILES string of the molecule is COCC(=O)N=C1C[C@H]1c1ccccc1Cl. The molecule has 0 saturated heterocycles. The van der Waals surface area contributed by atoms with Crippen LogP contribution in [0.4, 0.5) is 0 Å². The molecule has 0 heterocycles. The van der Waals surface area contributed by atoms with Crippen molar-refractivity contribution in [3.05, 3.63) is 34.9 Å². The van der Waals surface area contributed by atoms with Gasteiger partial charge in [-0.1, -0.05) is 29.8 Å². The van der Waals surface area contributed by atoms with Gasteiger partial charge in [0.2, 0.25) is 0 Å². The molecule has 0 radical (unpaired) electrons. The normalized spacial score (nSPS) is 21.1. The largest absolute Gasteiger partial charge is 0.375 e. The molecule has 4 heteroatoms. The highest BCUT2D eigenvalue weighted by molar-refractivity contribution is 6.32. The first kappa shape index (κ1) is 11.3. The molecule has 1 fully saturated rings. The molecule has 1 aromatic rings. The summed E-state index contributed by atoms with van der Waals surface area (Å²) in [7, 11) is 1.48. The molecule has 1 amide bonds.